The smallest absolute Gasteiger partial charge is 0.263 e. The van der Waals surface area contributed by atoms with Crippen molar-refractivity contribution in [3.8, 4) is 5.75 Å². The highest BCUT2D eigenvalue weighted by atomic mass is 16.5. The molecule has 1 saturated heterocycles. The fourth-order valence-corrected chi connectivity index (χ4v) is 1.71. The second-order valence-electron chi connectivity index (χ2n) is 4.01. The highest BCUT2D eigenvalue weighted by molar-refractivity contribution is 5.81. The molecule has 86 valence electrons. The molecule has 1 aliphatic heterocycles. The summed E-state index contributed by atoms with van der Waals surface area (Å²) in [6.07, 6.45) is 1.50. The topological polar surface area (TPSA) is 29.5 Å². The van der Waals surface area contributed by atoms with Crippen LogP contribution in [0, 0.1) is 0 Å². The van der Waals surface area contributed by atoms with Crippen LogP contribution in [-0.4, -0.2) is 30.0 Å². The summed E-state index contributed by atoms with van der Waals surface area (Å²) in [5, 5.41) is 0. The van der Waals surface area contributed by atoms with E-state index in [1.807, 2.05) is 42.2 Å². The van der Waals surface area contributed by atoms with Crippen LogP contribution in [0.3, 0.4) is 0 Å². The molecule has 1 unspecified atom stereocenters. The minimum absolute atomic E-state index is 0.123. The zero-order valence-corrected chi connectivity index (χ0v) is 9.56. The van der Waals surface area contributed by atoms with Gasteiger partial charge >= 0.3 is 0 Å². The van der Waals surface area contributed by atoms with E-state index in [1.165, 1.54) is 0 Å². The summed E-state index contributed by atoms with van der Waals surface area (Å²) in [6.45, 7) is 3.74. The number of rotatable bonds is 4. The van der Waals surface area contributed by atoms with Crippen LogP contribution >= 0.6 is 0 Å². The maximum atomic E-state index is 12.0. The molecule has 0 radical (unpaired) electrons. The molecule has 16 heavy (non-hydrogen) atoms. The van der Waals surface area contributed by atoms with Crippen LogP contribution in [-0.2, 0) is 4.79 Å². The average Bonchev–Trinajstić information content (AvgIpc) is 2.25. The molecule has 0 aliphatic carbocycles. The highest BCUT2D eigenvalue weighted by Crippen LogP contribution is 2.16. The molecule has 1 heterocycles. The van der Waals surface area contributed by atoms with Gasteiger partial charge in [0.1, 0.15) is 5.75 Å². The van der Waals surface area contributed by atoms with Gasteiger partial charge in [0, 0.05) is 13.1 Å². The van der Waals surface area contributed by atoms with Crippen molar-refractivity contribution in [3.05, 3.63) is 30.3 Å². The largest absolute Gasteiger partial charge is 0.481 e. The van der Waals surface area contributed by atoms with Crippen molar-refractivity contribution >= 4 is 5.91 Å². The van der Waals surface area contributed by atoms with Crippen molar-refractivity contribution in [2.24, 2.45) is 0 Å². The number of carbonyl (C=O) groups excluding carboxylic acids is 1. The molecule has 0 N–H and O–H groups in total. The number of hydrogen-bond donors (Lipinski definition) is 0. The standard InChI is InChI=1S/C13H17NO2/c1-2-12(13(15)14-9-6-10-14)16-11-7-4-3-5-8-11/h3-5,7-8,12H,2,6,9-10H2,1H3. The molecular formula is C13H17NO2. The molecule has 0 spiro atoms. The summed E-state index contributed by atoms with van der Waals surface area (Å²) < 4.78 is 5.69. The molecule has 0 saturated carbocycles. The Bertz CT molecular complexity index is 346. The van der Waals surface area contributed by atoms with Gasteiger partial charge in [0.05, 0.1) is 0 Å². The van der Waals surface area contributed by atoms with Crippen molar-refractivity contribution in [1.82, 2.24) is 4.90 Å². The summed E-state index contributed by atoms with van der Waals surface area (Å²) in [7, 11) is 0. The molecular weight excluding hydrogens is 202 g/mol. The van der Waals surface area contributed by atoms with E-state index in [9.17, 15) is 4.79 Å². The fraction of sp³-hybridized carbons (Fsp3) is 0.462. The van der Waals surface area contributed by atoms with E-state index in [2.05, 4.69) is 0 Å². The normalized spacial score (nSPS) is 16.4. The lowest BCUT2D eigenvalue weighted by atomic mass is 10.1. The maximum Gasteiger partial charge on any atom is 0.263 e. The first kappa shape index (κ1) is 11.0. The highest BCUT2D eigenvalue weighted by Gasteiger charge is 2.28. The second-order valence-corrected chi connectivity index (χ2v) is 4.01. The van der Waals surface area contributed by atoms with Gasteiger partial charge in [-0.25, -0.2) is 0 Å². The van der Waals surface area contributed by atoms with Gasteiger partial charge in [0.15, 0.2) is 6.10 Å². The third-order valence-electron chi connectivity index (χ3n) is 2.84. The van der Waals surface area contributed by atoms with E-state index in [-0.39, 0.29) is 12.0 Å². The lowest BCUT2D eigenvalue weighted by molar-refractivity contribution is -0.142. The minimum Gasteiger partial charge on any atom is -0.481 e. The zero-order chi connectivity index (χ0) is 11.4. The SMILES string of the molecule is CCC(Oc1ccccc1)C(=O)N1CCC1. The van der Waals surface area contributed by atoms with E-state index < -0.39 is 0 Å². The van der Waals surface area contributed by atoms with Gasteiger partial charge in [-0.3, -0.25) is 4.79 Å². The van der Waals surface area contributed by atoms with Gasteiger partial charge in [0.25, 0.3) is 5.91 Å². The number of ether oxygens (including phenoxy) is 1. The van der Waals surface area contributed by atoms with Crippen LogP contribution in [0.4, 0.5) is 0 Å². The Morgan fingerprint density at radius 2 is 2.06 bits per heavy atom. The Kier molecular flexibility index (Phi) is 3.44. The predicted molar refractivity (Wildman–Crippen MR) is 62.3 cm³/mol. The first-order valence-corrected chi connectivity index (χ1v) is 5.81. The summed E-state index contributed by atoms with van der Waals surface area (Å²) in [4.78, 5) is 13.8. The summed E-state index contributed by atoms with van der Waals surface area (Å²) in [6, 6.07) is 9.52. The van der Waals surface area contributed by atoms with Crippen molar-refractivity contribution < 1.29 is 9.53 Å². The van der Waals surface area contributed by atoms with E-state index in [4.69, 9.17) is 4.74 Å². The van der Waals surface area contributed by atoms with Gasteiger partial charge in [0.2, 0.25) is 0 Å². The van der Waals surface area contributed by atoms with Crippen molar-refractivity contribution in [2.45, 2.75) is 25.9 Å². The van der Waals surface area contributed by atoms with E-state index in [1.54, 1.807) is 0 Å². The van der Waals surface area contributed by atoms with E-state index in [0.717, 1.165) is 25.3 Å². The Morgan fingerprint density at radius 3 is 2.56 bits per heavy atom. The number of likely N-dealkylation sites (tertiary alicyclic amines) is 1. The second kappa shape index (κ2) is 5.01. The third-order valence-corrected chi connectivity index (χ3v) is 2.84. The van der Waals surface area contributed by atoms with Crippen LogP contribution in [0.15, 0.2) is 30.3 Å². The maximum absolute atomic E-state index is 12.0. The zero-order valence-electron chi connectivity index (χ0n) is 9.56. The molecule has 0 aromatic heterocycles. The molecule has 3 heteroatoms. The number of amides is 1. The molecule has 1 aromatic carbocycles. The van der Waals surface area contributed by atoms with Crippen LogP contribution in [0.5, 0.6) is 5.75 Å². The van der Waals surface area contributed by atoms with Gasteiger partial charge in [-0.1, -0.05) is 25.1 Å². The number of benzene rings is 1. The van der Waals surface area contributed by atoms with Crippen molar-refractivity contribution in [3.63, 3.8) is 0 Å². The summed E-state index contributed by atoms with van der Waals surface area (Å²) in [5.41, 5.74) is 0. The van der Waals surface area contributed by atoms with Crippen molar-refractivity contribution in [2.75, 3.05) is 13.1 Å². The molecule has 1 aromatic rings. The lowest BCUT2D eigenvalue weighted by Gasteiger charge is -2.33. The van der Waals surface area contributed by atoms with Crippen LogP contribution in [0.1, 0.15) is 19.8 Å². The number of nitrogens with zero attached hydrogens (tertiary/aromatic N) is 1. The van der Waals surface area contributed by atoms with E-state index in [0.29, 0.717) is 6.42 Å². The summed E-state index contributed by atoms with van der Waals surface area (Å²) in [5.74, 6) is 0.890. The Balaban J connectivity index is 1.97. The fourth-order valence-electron chi connectivity index (χ4n) is 1.71. The van der Waals surface area contributed by atoms with Crippen LogP contribution < -0.4 is 4.74 Å². The third kappa shape index (κ3) is 2.35. The molecule has 1 amide bonds. The Labute approximate surface area is 96.0 Å². The molecule has 3 nitrogen and oxygen atoms in total. The summed E-state index contributed by atoms with van der Waals surface area (Å²) >= 11 is 0. The number of carbonyl (C=O) groups is 1. The molecule has 1 atom stereocenters. The lowest BCUT2D eigenvalue weighted by Crippen LogP contribution is -2.48. The molecule has 1 fully saturated rings. The van der Waals surface area contributed by atoms with Gasteiger partial charge in [-0.2, -0.15) is 0 Å². The van der Waals surface area contributed by atoms with E-state index >= 15 is 0 Å². The first-order valence-electron chi connectivity index (χ1n) is 5.81. The Morgan fingerprint density at radius 1 is 1.38 bits per heavy atom. The Hall–Kier alpha value is -1.51. The van der Waals surface area contributed by atoms with Gasteiger partial charge < -0.3 is 9.64 Å². The van der Waals surface area contributed by atoms with Crippen LogP contribution in [0.25, 0.3) is 0 Å². The quantitative estimate of drug-likeness (QED) is 0.776. The number of para-hydroxylation sites is 1. The molecule has 1 aliphatic rings. The monoisotopic (exact) mass is 219 g/mol. The van der Waals surface area contributed by atoms with Crippen LogP contribution in [0.2, 0.25) is 0 Å². The molecule has 2 rings (SSSR count). The minimum atomic E-state index is -0.331. The van der Waals surface area contributed by atoms with Gasteiger partial charge in [-0.05, 0) is 25.0 Å². The predicted octanol–water partition coefficient (Wildman–Crippen LogP) is 2.08. The molecule has 0 bridgehead atoms. The first-order chi connectivity index (χ1) is 7.81. The van der Waals surface area contributed by atoms with Gasteiger partial charge in [-0.15, -0.1) is 0 Å². The average molecular weight is 219 g/mol. The van der Waals surface area contributed by atoms with Crippen molar-refractivity contribution in [1.29, 1.82) is 0 Å². The number of hydrogen-bond acceptors (Lipinski definition) is 2.